The minimum Gasteiger partial charge on any atom is -1.00 e. The van der Waals surface area contributed by atoms with Crippen LogP contribution in [0, 0.1) is 0 Å². The molecule has 0 unspecified atom stereocenters. The summed E-state index contributed by atoms with van der Waals surface area (Å²) in [7, 11) is 0. The van der Waals surface area contributed by atoms with Gasteiger partial charge in [-0.1, -0.05) is 18.2 Å². The third-order valence-electron chi connectivity index (χ3n) is 2.72. The number of hydrogen-bond acceptors (Lipinski definition) is 2. The molecule has 1 aromatic rings. The summed E-state index contributed by atoms with van der Waals surface area (Å²) in [5.41, 5.74) is 1.11. The van der Waals surface area contributed by atoms with Crippen molar-refractivity contribution in [3.63, 3.8) is 0 Å². The summed E-state index contributed by atoms with van der Waals surface area (Å²) in [5, 5.41) is 13.0. The van der Waals surface area contributed by atoms with Crippen molar-refractivity contribution >= 4 is 0 Å². The Bertz CT molecular complexity index is 284. The Morgan fingerprint density at radius 3 is 2.43 bits per heavy atom. The van der Waals surface area contributed by atoms with E-state index < -0.39 is 0 Å². The second-order valence-corrected chi connectivity index (χ2v) is 3.58. The summed E-state index contributed by atoms with van der Waals surface area (Å²) < 4.78 is 0. The van der Waals surface area contributed by atoms with Gasteiger partial charge in [-0.3, -0.25) is 0 Å². The van der Waals surface area contributed by atoms with Crippen molar-refractivity contribution in [2.75, 3.05) is 13.1 Å². The summed E-state index contributed by atoms with van der Waals surface area (Å²) in [5.74, 6) is 0.997. The van der Waals surface area contributed by atoms with Gasteiger partial charge in [0.25, 0.3) is 0 Å². The topological polar surface area (TPSA) is 32.3 Å². The molecule has 0 saturated carbocycles. The molecule has 1 saturated heterocycles. The maximum absolute atomic E-state index is 9.64. The number of phenolic OH excluding ortho intramolecular Hbond substituents is 1. The quantitative estimate of drug-likeness (QED) is 0.667. The molecular weight excluding hydrogens is 242 g/mol. The fraction of sp³-hybridized carbons (Fsp3) is 0.455. The highest BCUT2D eigenvalue weighted by molar-refractivity contribution is 5.35. The van der Waals surface area contributed by atoms with Gasteiger partial charge in [-0.15, -0.1) is 0 Å². The second-order valence-electron chi connectivity index (χ2n) is 3.58. The molecule has 2 N–H and O–H groups in total. The van der Waals surface area contributed by atoms with E-state index >= 15 is 0 Å². The van der Waals surface area contributed by atoms with E-state index in [1.54, 1.807) is 6.07 Å². The van der Waals surface area contributed by atoms with Gasteiger partial charge in [-0.2, -0.15) is 0 Å². The Morgan fingerprint density at radius 2 is 1.79 bits per heavy atom. The van der Waals surface area contributed by atoms with Gasteiger partial charge in [0.2, 0.25) is 0 Å². The highest BCUT2D eigenvalue weighted by atomic mass is 79.9. The van der Waals surface area contributed by atoms with Crippen LogP contribution in [0.1, 0.15) is 24.3 Å². The lowest BCUT2D eigenvalue weighted by molar-refractivity contribution is -0.00000374. The maximum atomic E-state index is 9.64. The van der Waals surface area contributed by atoms with Crippen molar-refractivity contribution in [2.45, 2.75) is 18.8 Å². The van der Waals surface area contributed by atoms with Crippen molar-refractivity contribution in [2.24, 2.45) is 0 Å². The lowest BCUT2D eigenvalue weighted by Gasteiger charge is -2.23. The van der Waals surface area contributed by atoms with Crippen LogP contribution in [0.4, 0.5) is 0 Å². The Kier molecular flexibility index (Phi) is 4.42. The normalized spacial score (nSPS) is 17.4. The van der Waals surface area contributed by atoms with Gasteiger partial charge in [0.1, 0.15) is 5.75 Å². The van der Waals surface area contributed by atoms with Gasteiger partial charge in [0, 0.05) is 0 Å². The molecule has 78 valence electrons. The molecular formula is C11H15BrNO-. The lowest BCUT2D eigenvalue weighted by atomic mass is 9.90. The molecule has 0 bridgehead atoms. The molecule has 1 heterocycles. The fourth-order valence-corrected chi connectivity index (χ4v) is 1.97. The van der Waals surface area contributed by atoms with Gasteiger partial charge in [0.15, 0.2) is 0 Å². The van der Waals surface area contributed by atoms with Crippen LogP contribution in [0.15, 0.2) is 24.3 Å². The Labute approximate surface area is 95.1 Å². The van der Waals surface area contributed by atoms with Gasteiger partial charge in [-0.25, -0.2) is 0 Å². The molecule has 0 spiro atoms. The predicted molar refractivity (Wildman–Crippen MR) is 53.0 cm³/mol. The molecule has 3 heteroatoms. The number of halogens is 1. The SMILES string of the molecule is Oc1ccccc1C1CCNCC1.[Br-]. The first-order valence-electron chi connectivity index (χ1n) is 4.86. The van der Waals surface area contributed by atoms with Gasteiger partial charge >= 0.3 is 0 Å². The van der Waals surface area contributed by atoms with Crippen molar-refractivity contribution < 1.29 is 22.1 Å². The van der Waals surface area contributed by atoms with Crippen molar-refractivity contribution in [3.05, 3.63) is 29.8 Å². The van der Waals surface area contributed by atoms with Crippen molar-refractivity contribution in [1.82, 2.24) is 5.32 Å². The average Bonchev–Trinajstić information content (AvgIpc) is 2.20. The van der Waals surface area contributed by atoms with Crippen LogP contribution in [-0.2, 0) is 0 Å². The molecule has 1 aliphatic rings. The summed E-state index contributed by atoms with van der Waals surface area (Å²) in [4.78, 5) is 0. The van der Waals surface area contributed by atoms with Gasteiger partial charge < -0.3 is 27.4 Å². The van der Waals surface area contributed by atoms with Crippen LogP contribution in [0.3, 0.4) is 0 Å². The average molecular weight is 257 g/mol. The molecule has 1 aromatic carbocycles. The smallest absolute Gasteiger partial charge is 0.119 e. The number of aromatic hydroxyl groups is 1. The minimum absolute atomic E-state index is 0. The van der Waals surface area contributed by atoms with E-state index in [-0.39, 0.29) is 17.0 Å². The molecule has 0 radical (unpaired) electrons. The molecule has 2 rings (SSSR count). The van der Waals surface area contributed by atoms with Gasteiger partial charge in [0.05, 0.1) is 0 Å². The third kappa shape index (κ3) is 2.49. The number of nitrogens with one attached hydrogen (secondary N) is 1. The highest BCUT2D eigenvalue weighted by Gasteiger charge is 2.17. The largest absolute Gasteiger partial charge is 1.00 e. The van der Waals surface area contributed by atoms with Crippen LogP contribution in [-0.4, -0.2) is 18.2 Å². The van der Waals surface area contributed by atoms with Crippen LogP contribution >= 0.6 is 0 Å². The molecule has 0 aliphatic carbocycles. The van der Waals surface area contributed by atoms with E-state index in [1.807, 2.05) is 18.2 Å². The Hall–Kier alpha value is -0.540. The number of piperidine rings is 1. The number of phenols is 1. The zero-order valence-corrected chi connectivity index (χ0v) is 9.63. The molecule has 1 fully saturated rings. The first kappa shape index (κ1) is 11.5. The monoisotopic (exact) mass is 256 g/mol. The van der Waals surface area contributed by atoms with Crippen molar-refractivity contribution in [3.8, 4) is 5.75 Å². The Morgan fingerprint density at radius 1 is 1.14 bits per heavy atom. The minimum atomic E-state index is 0. The van der Waals surface area contributed by atoms with Crippen molar-refractivity contribution in [1.29, 1.82) is 0 Å². The summed E-state index contributed by atoms with van der Waals surface area (Å²) in [6.07, 6.45) is 2.27. The molecule has 1 aliphatic heterocycles. The third-order valence-corrected chi connectivity index (χ3v) is 2.72. The van der Waals surface area contributed by atoms with E-state index in [9.17, 15) is 5.11 Å². The molecule has 14 heavy (non-hydrogen) atoms. The van der Waals surface area contributed by atoms with Gasteiger partial charge in [-0.05, 0) is 43.5 Å². The standard InChI is InChI=1S/C11H15NO.BrH/c13-11-4-2-1-3-10(11)9-5-7-12-8-6-9;/h1-4,9,12-13H,5-8H2;1H/p-1. The van der Waals surface area contributed by atoms with E-state index in [0.29, 0.717) is 11.7 Å². The van der Waals surface area contributed by atoms with E-state index in [1.165, 1.54) is 0 Å². The molecule has 0 atom stereocenters. The maximum Gasteiger partial charge on any atom is 0.119 e. The number of para-hydroxylation sites is 1. The summed E-state index contributed by atoms with van der Waals surface area (Å²) >= 11 is 0. The number of hydrogen-bond donors (Lipinski definition) is 2. The van der Waals surface area contributed by atoms with Crippen LogP contribution in [0.25, 0.3) is 0 Å². The first-order chi connectivity index (χ1) is 6.38. The number of benzene rings is 1. The van der Waals surface area contributed by atoms with Crippen LogP contribution < -0.4 is 22.3 Å². The zero-order chi connectivity index (χ0) is 9.10. The molecule has 0 amide bonds. The Balaban J connectivity index is 0.000000980. The molecule has 0 aromatic heterocycles. The number of rotatable bonds is 1. The van der Waals surface area contributed by atoms with E-state index in [0.717, 1.165) is 31.5 Å². The second kappa shape index (κ2) is 5.37. The summed E-state index contributed by atoms with van der Waals surface area (Å²) in [6.45, 7) is 2.14. The lowest BCUT2D eigenvalue weighted by Crippen LogP contribution is -3.00. The molecule has 2 nitrogen and oxygen atoms in total. The fourth-order valence-electron chi connectivity index (χ4n) is 1.97. The van der Waals surface area contributed by atoms with E-state index in [4.69, 9.17) is 0 Å². The first-order valence-corrected chi connectivity index (χ1v) is 4.86. The summed E-state index contributed by atoms with van der Waals surface area (Å²) in [6, 6.07) is 7.68. The zero-order valence-electron chi connectivity index (χ0n) is 8.04. The predicted octanol–water partition coefficient (Wildman–Crippen LogP) is -1.14. The van der Waals surface area contributed by atoms with Crippen LogP contribution in [0.2, 0.25) is 0 Å². The van der Waals surface area contributed by atoms with E-state index in [2.05, 4.69) is 5.32 Å². The highest BCUT2D eigenvalue weighted by Crippen LogP contribution is 2.31. The van der Waals surface area contributed by atoms with Crippen LogP contribution in [0.5, 0.6) is 5.75 Å².